The number of thioether (sulfide) groups is 1. The van der Waals surface area contributed by atoms with E-state index in [2.05, 4.69) is 10.3 Å². The highest BCUT2D eigenvalue weighted by Gasteiger charge is 2.17. The van der Waals surface area contributed by atoms with Crippen molar-refractivity contribution in [1.82, 2.24) is 10.3 Å². The van der Waals surface area contributed by atoms with Gasteiger partial charge in [-0.05, 0) is 37.1 Å². The zero-order chi connectivity index (χ0) is 15.8. The lowest BCUT2D eigenvalue weighted by Crippen LogP contribution is -2.33. The van der Waals surface area contributed by atoms with Gasteiger partial charge in [0.05, 0.1) is 5.56 Å². The fraction of sp³-hybridized carbons (Fsp3) is 0.562. The van der Waals surface area contributed by atoms with Crippen molar-refractivity contribution in [3.63, 3.8) is 0 Å². The van der Waals surface area contributed by atoms with Crippen LogP contribution in [0.25, 0.3) is 0 Å². The predicted molar refractivity (Wildman–Crippen MR) is 85.9 cm³/mol. The van der Waals surface area contributed by atoms with Crippen LogP contribution in [-0.4, -0.2) is 36.3 Å². The number of rotatable bonds is 6. The van der Waals surface area contributed by atoms with E-state index in [-0.39, 0.29) is 12.5 Å². The lowest BCUT2D eigenvalue weighted by atomic mass is 9.89. The van der Waals surface area contributed by atoms with Gasteiger partial charge in [-0.3, -0.25) is 4.79 Å². The number of amides is 1. The second kappa shape index (κ2) is 8.78. The van der Waals surface area contributed by atoms with E-state index in [1.54, 1.807) is 18.3 Å². The van der Waals surface area contributed by atoms with Crippen LogP contribution < -0.4 is 5.32 Å². The molecule has 6 heteroatoms. The molecule has 1 fully saturated rings. The van der Waals surface area contributed by atoms with Crippen molar-refractivity contribution in [2.75, 3.05) is 19.4 Å². The van der Waals surface area contributed by atoms with Crippen LogP contribution in [0.1, 0.15) is 42.5 Å². The summed E-state index contributed by atoms with van der Waals surface area (Å²) in [7, 11) is 0. The zero-order valence-corrected chi connectivity index (χ0v) is 13.7. The van der Waals surface area contributed by atoms with Crippen LogP contribution >= 0.6 is 11.8 Å². The molecule has 2 rings (SSSR count). The first-order valence-electron chi connectivity index (χ1n) is 7.63. The van der Waals surface area contributed by atoms with Crippen LogP contribution in [-0.2, 0) is 9.53 Å². The highest BCUT2D eigenvalue weighted by Crippen LogP contribution is 2.22. The SMILES string of the molecule is CSc1ncccc1C(=O)OCC(=O)NCC1CCCCC1. The molecule has 1 aromatic rings. The van der Waals surface area contributed by atoms with E-state index in [9.17, 15) is 9.59 Å². The Hall–Kier alpha value is -1.56. The highest BCUT2D eigenvalue weighted by atomic mass is 32.2. The molecular weight excluding hydrogens is 300 g/mol. The van der Waals surface area contributed by atoms with Crippen molar-refractivity contribution in [3.05, 3.63) is 23.9 Å². The van der Waals surface area contributed by atoms with Gasteiger partial charge in [-0.1, -0.05) is 19.3 Å². The average Bonchev–Trinajstić information content (AvgIpc) is 2.58. The minimum atomic E-state index is -0.509. The fourth-order valence-corrected chi connectivity index (χ4v) is 3.16. The summed E-state index contributed by atoms with van der Waals surface area (Å²) in [4.78, 5) is 27.9. The van der Waals surface area contributed by atoms with E-state index in [1.165, 1.54) is 43.9 Å². The molecule has 1 saturated carbocycles. The number of nitrogens with one attached hydrogen (secondary N) is 1. The molecule has 0 bridgehead atoms. The van der Waals surface area contributed by atoms with Crippen LogP contribution in [0.3, 0.4) is 0 Å². The number of esters is 1. The minimum absolute atomic E-state index is 0.242. The Bertz CT molecular complexity index is 516. The molecule has 0 spiro atoms. The van der Waals surface area contributed by atoms with Crippen LogP contribution in [0, 0.1) is 5.92 Å². The molecule has 0 atom stereocenters. The largest absolute Gasteiger partial charge is 0.452 e. The third-order valence-corrected chi connectivity index (χ3v) is 4.54. The molecule has 0 radical (unpaired) electrons. The second-order valence-corrected chi connectivity index (χ2v) is 6.24. The molecule has 1 aliphatic rings. The molecule has 0 saturated heterocycles. The Morgan fingerprint density at radius 2 is 2.14 bits per heavy atom. The summed E-state index contributed by atoms with van der Waals surface area (Å²) in [5.41, 5.74) is 0.398. The van der Waals surface area contributed by atoms with Gasteiger partial charge in [-0.15, -0.1) is 11.8 Å². The topological polar surface area (TPSA) is 68.3 Å². The number of pyridine rings is 1. The smallest absolute Gasteiger partial charge is 0.341 e. The normalized spacial score (nSPS) is 15.3. The summed E-state index contributed by atoms with van der Waals surface area (Å²) in [6.45, 7) is 0.438. The summed E-state index contributed by atoms with van der Waals surface area (Å²) >= 11 is 1.37. The first-order valence-corrected chi connectivity index (χ1v) is 8.86. The molecule has 5 nitrogen and oxygen atoms in total. The molecule has 1 heterocycles. The fourth-order valence-electron chi connectivity index (χ4n) is 2.62. The highest BCUT2D eigenvalue weighted by molar-refractivity contribution is 7.98. The lowest BCUT2D eigenvalue weighted by molar-refractivity contribution is -0.124. The van der Waals surface area contributed by atoms with E-state index >= 15 is 0 Å². The Labute approximate surface area is 135 Å². The molecule has 0 aliphatic heterocycles. The van der Waals surface area contributed by atoms with Gasteiger partial charge < -0.3 is 10.1 Å². The number of aromatic nitrogens is 1. The summed E-state index contributed by atoms with van der Waals surface area (Å²) in [6.07, 6.45) is 9.60. The van der Waals surface area contributed by atoms with Gasteiger partial charge in [0.1, 0.15) is 5.03 Å². The van der Waals surface area contributed by atoms with Crippen LogP contribution in [0.4, 0.5) is 0 Å². The molecule has 1 amide bonds. The molecule has 1 aromatic heterocycles. The Balaban J connectivity index is 1.74. The van der Waals surface area contributed by atoms with Crippen molar-refractivity contribution >= 4 is 23.6 Å². The summed E-state index contributed by atoms with van der Waals surface area (Å²) in [5, 5.41) is 3.46. The van der Waals surface area contributed by atoms with Crippen LogP contribution in [0.15, 0.2) is 23.4 Å². The average molecular weight is 322 g/mol. The van der Waals surface area contributed by atoms with Gasteiger partial charge >= 0.3 is 5.97 Å². The first kappa shape index (κ1) is 16.8. The predicted octanol–water partition coefficient (Wildman–Crippen LogP) is 2.66. The van der Waals surface area contributed by atoms with Gasteiger partial charge in [-0.2, -0.15) is 0 Å². The molecule has 1 N–H and O–H groups in total. The third kappa shape index (κ3) is 5.02. The maximum absolute atomic E-state index is 12.0. The van der Waals surface area contributed by atoms with E-state index in [0.717, 1.165) is 0 Å². The monoisotopic (exact) mass is 322 g/mol. The lowest BCUT2D eigenvalue weighted by Gasteiger charge is -2.21. The first-order chi connectivity index (χ1) is 10.7. The van der Waals surface area contributed by atoms with Crippen molar-refractivity contribution in [3.8, 4) is 0 Å². The quantitative estimate of drug-likeness (QED) is 0.644. The molecule has 0 unspecified atom stereocenters. The number of carbonyl (C=O) groups is 2. The maximum Gasteiger partial charge on any atom is 0.341 e. The van der Waals surface area contributed by atoms with Gasteiger partial charge in [0.15, 0.2) is 6.61 Å². The molecule has 22 heavy (non-hydrogen) atoms. The number of ether oxygens (including phenoxy) is 1. The number of hydrogen-bond donors (Lipinski definition) is 1. The standard InChI is InChI=1S/C16H22N2O3S/c1-22-15-13(8-5-9-17-15)16(20)21-11-14(19)18-10-12-6-3-2-4-7-12/h5,8-9,12H,2-4,6-7,10-11H2,1H3,(H,18,19). The Morgan fingerprint density at radius 1 is 1.36 bits per heavy atom. The van der Waals surface area contributed by atoms with Gasteiger partial charge in [0.25, 0.3) is 5.91 Å². The zero-order valence-electron chi connectivity index (χ0n) is 12.8. The van der Waals surface area contributed by atoms with Gasteiger partial charge in [-0.25, -0.2) is 9.78 Å². The van der Waals surface area contributed by atoms with Crippen molar-refractivity contribution in [2.24, 2.45) is 5.92 Å². The molecule has 1 aliphatic carbocycles. The van der Waals surface area contributed by atoms with Crippen molar-refractivity contribution < 1.29 is 14.3 Å². The maximum atomic E-state index is 12.0. The molecule has 0 aromatic carbocycles. The van der Waals surface area contributed by atoms with E-state index < -0.39 is 5.97 Å². The minimum Gasteiger partial charge on any atom is -0.452 e. The number of nitrogens with zero attached hydrogens (tertiary/aromatic N) is 1. The van der Waals surface area contributed by atoms with Crippen LogP contribution in [0.2, 0.25) is 0 Å². The molecular formula is C16H22N2O3S. The Kier molecular flexibility index (Phi) is 6.71. The number of carbonyl (C=O) groups excluding carboxylic acids is 2. The van der Waals surface area contributed by atoms with Crippen molar-refractivity contribution in [2.45, 2.75) is 37.1 Å². The van der Waals surface area contributed by atoms with Gasteiger partial charge in [0.2, 0.25) is 0 Å². The van der Waals surface area contributed by atoms with Crippen LogP contribution in [0.5, 0.6) is 0 Å². The van der Waals surface area contributed by atoms with E-state index in [1.807, 2.05) is 6.26 Å². The summed E-state index contributed by atoms with van der Waals surface area (Å²) < 4.78 is 5.07. The van der Waals surface area contributed by atoms with Crippen molar-refractivity contribution in [1.29, 1.82) is 0 Å². The number of hydrogen-bond acceptors (Lipinski definition) is 5. The Morgan fingerprint density at radius 3 is 2.86 bits per heavy atom. The summed E-state index contributed by atoms with van der Waals surface area (Å²) in [5.74, 6) is -0.186. The molecule has 120 valence electrons. The second-order valence-electron chi connectivity index (χ2n) is 5.44. The third-order valence-electron chi connectivity index (χ3n) is 3.83. The van der Waals surface area contributed by atoms with E-state index in [0.29, 0.717) is 23.1 Å². The summed E-state index contributed by atoms with van der Waals surface area (Å²) in [6, 6.07) is 3.33. The van der Waals surface area contributed by atoms with E-state index in [4.69, 9.17) is 4.74 Å². The van der Waals surface area contributed by atoms with Gasteiger partial charge in [0, 0.05) is 12.7 Å².